The highest BCUT2D eigenvalue weighted by molar-refractivity contribution is 8.76. The molecule has 11 heteroatoms. The van der Waals surface area contributed by atoms with Crippen LogP contribution in [-0.4, -0.2) is 70.6 Å². The van der Waals surface area contributed by atoms with E-state index in [0.29, 0.717) is 12.2 Å². The van der Waals surface area contributed by atoms with Crippen molar-refractivity contribution >= 4 is 45.3 Å². The van der Waals surface area contributed by atoms with Crippen LogP contribution in [-0.2, 0) is 23.9 Å². The highest BCUT2D eigenvalue weighted by atomic mass is 33.1. The van der Waals surface area contributed by atoms with Crippen molar-refractivity contribution in [1.82, 2.24) is 16.0 Å². The van der Waals surface area contributed by atoms with Crippen LogP contribution >= 0.6 is 21.6 Å². The number of ether oxygens (including phenoxy) is 1. The van der Waals surface area contributed by atoms with Gasteiger partial charge in [-0.2, -0.15) is 0 Å². The first-order valence-corrected chi connectivity index (χ1v) is 13.8. The van der Waals surface area contributed by atoms with Crippen LogP contribution in [0.4, 0.5) is 0 Å². The Morgan fingerprint density at radius 3 is 2.36 bits per heavy atom. The van der Waals surface area contributed by atoms with Crippen LogP contribution in [0.25, 0.3) is 0 Å². The summed E-state index contributed by atoms with van der Waals surface area (Å²) < 4.78 is 5.49. The van der Waals surface area contributed by atoms with Crippen molar-refractivity contribution < 1.29 is 29.0 Å². The molecule has 5 unspecified atom stereocenters. The van der Waals surface area contributed by atoms with E-state index in [1.54, 1.807) is 30.7 Å². The second kappa shape index (κ2) is 13.2. The van der Waals surface area contributed by atoms with E-state index < -0.39 is 54.0 Å². The average Bonchev–Trinajstić information content (AvgIpc) is 2.72. The first kappa shape index (κ1) is 27.5. The van der Waals surface area contributed by atoms with Crippen LogP contribution in [0.15, 0.2) is 12.2 Å². The fourth-order valence-corrected chi connectivity index (χ4v) is 5.73. The number of aliphatic hydroxyl groups is 1. The van der Waals surface area contributed by atoms with Crippen molar-refractivity contribution in [3.8, 4) is 0 Å². The number of fused-ring (bicyclic) bond motifs is 7. The number of aliphatic hydroxyl groups excluding tert-OH is 1. The highest BCUT2D eigenvalue weighted by Gasteiger charge is 2.34. The number of allylic oxidation sites excluding steroid dienone is 1. The molecule has 0 aromatic heterocycles. The number of rotatable bonds is 2. The molecule has 186 valence electrons. The first-order valence-electron chi connectivity index (χ1n) is 11.3. The van der Waals surface area contributed by atoms with E-state index in [1.165, 1.54) is 10.8 Å². The lowest BCUT2D eigenvalue weighted by molar-refractivity contribution is -0.151. The summed E-state index contributed by atoms with van der Waals surface area (Å²) in [4.78, 5) is 51.4. The molecule has 2 aliphatic rings. The zero-order valence-corrected chi connectivity index (χ0v) is 21.2. The van der Waals surface area contributed by atoms with Crippen LogP contribution in [0.2, 0.25) is 0 Å². The molecule has 3 amide bonds. The van der Waals surface area contributed by atoms with Crippen molar-refractivity contribution in [1.29, 1.82) is 0 Å². The maximum absolute atomic E-state index is 13.1. The Morgan fingerprint density at radius 1 is 0.970 bits per heavy atom. The Hall–Kier alpha value is -1.72. The number of hydrogen-bond donors (Lipinski definition) is 4. The Kier molecular flexibility index (Phi) is 11.0. The molecular weight excluding hydrogens is 466 g/mol. The van der Waals surface area contributed by atoms with Crippen molar-refractivity contribution in [2.24, 2.45) is 11.8 Å². The van der Waals surface area contributed by atoms with E-state index in [1.807, 2.05) is 19.9 Å². The maximum atomic E-state index is 13.1. The van der Waals surface area contributed by atoms with Crippen molar-refractivity contribution in [3.63, 3.8) is 0 Å². The van der Waals surface area contributed by atoms with Gasteiger partial charge in [-0.05, 0) is 24.3 Å². The smallest absolute Gasteiger partial charge is 0.309 e. The SMILES string of the molecule is CC(C)C1NC(=O)CC2/C=C/CCSSCC(NC1=O)C(=O)NC(C(C)C)C(O)CC(=O)O2. The monoisotopic (exact) mass is 501 g/mol. The third-order valence-corrected chi connectivity index (χ3v) is 7.87. The van der Waals surface area contributed by atoms with E-state index in [4.69, 9.17) is 4.74 Å². The summed E-state index contributed by atoms with van der Waals surface area (Å²) in [7, 11) is 3.03. The summed E-state index contributed by atoms with van der Waals surface area (Å²) in [6.45, 7) is 7.25. The Labute approximate surface area is 203 Å². The van der Waals surface area contributed by atoms with E-state index in [9.17, 15) is 24.3 Å². The molecule has 4 N–H and O–H groups in total. The van der Waals surface area contributed by atoms with Crippen molar-refractivity contribution in [2.75, 3.05) is 11.5 Å². The Bertz CT molecular complexity index is 746. The molecule has 0 radical (unpaired) electrons. The number of esters is 1. The lowest BCUT2D eigenvalue weighted by atomic mass is 9.96. The Morgan fingerprint density at radius 2 is 1.70 bits per heavy atom. The van der Waals surface area contributed by atoms with Crippen LogP contribution in [0.1, 0.15) is 47.0 Å². The number of carbonyl (C=O) groups is 4. The van der Waals surface area contributed by atoms with Gasteiger partial charge in [0.25, 0.3) is 0 Å². The predicted octanol–water partition coefficient (Wildman–Crippen LogP) is 1.16. The molecule has 1 saturated heterocycles. The van der Waals surface area contributed by atoms with Gasteiger partial charge >= 0.3 is 5.97 Å². The van der Waals surface area contributed by atoms with Gasteiger partial charge in [0.1, 0.15) is 18.2 Å². The molecule has 0 saturated carbocycles. The van der Waals surface area contributed by atoms with E-state index in [2.05, 4.69) is 16.0 Å². The standard InChI is InChI=1S/C22H35N3O6S2/c1-12(2)19-16(26)10-18(28)31-14-7-5-6-8-32-33-11-15(21(29)25-19)23-22(30)20(13(3)4)24-17(27)9-14/h5,7,12-16,19-20,26H,6,8-11H2,1-4H3,(H,23,30)(H,24,27)(H,25,29)/b7-5+. The molecule has 33 heavy (non-hydrogen) atoms. The fourth-order valence-electron chi connectivity index (χ4n) is 3.57. The predicted molar refractivity (Wildman–Crippen MR) is 129 cm³/mol. The summed E-state index contributed by atoms with van der Waals surface area (Å²) >= 11 is 0. The second-order valence-electron chi connectivity index (χ2n) is 8.96. The van der Waals surface area contributed by atoms with Gasteiger partial charge in [-0.25, -0.2) is 0 Å². The summed E-state index contributed by atoms with van der Waals surface area (Å²) in [6, 6.07) is -2.44. The van der Waals surface area contributed by atoms with Crippen LogP contribution in [0.5, 0.6) is 0 Å². The van der Waals surface area contributed by atoms with Gasteiger partial charge in [0.2, 0.25) is 17.7 Å². The third kappa shape index (κ3) is 8.86. The quantitative estimate of drug-likeness (QED) is 0.252. The van der Waals surface area contributed by atoms with Gasteiger partial charge in [0, 0.05) is 11.5 Å². The molecule has 5 atom stereocenters. The maximum Gasteiger partial charge on any atom is 0.309 e. The minimum absolute atomic E-state index is 0.148. The number of carbonyl (C=O) groups excluding carboxylic acids is 4. The van der Waals surface area contributed by atoms with Crippen LogP contribution in [0, 0.1) is 11.8 Å². The van der Waals surface area contributed by atoms with E-state index >= 15 is 0 Å². The van der Waals surface area contributed by atoms with Gasteiger partial charge in [-0.3, -0.25) is 19.2 Å². The molecule has 2 heterocycles. The minimum atomic E-state index is -1.18. The first-order chi connectivity index (χ1) is 15.6. The molecule has 0 aromatic rings. The van der Waals surface area contributed by atoms with E-state index in [-0.39, 0.29) is 24.7 Å². The molecule has 0 aliphatic carbocycles. The highest BCUT2D eigenvalue weighted by Crippen LogP contribution is 2.24. The molecular formula is C22H35N3O6S2. The van der Waals surface area contributed by atoms with Gasteiger partial charge in [0.05, 0.1) is 25.0 Å². The van der Waals surface area contributed by atoms with Crippen LogP contribution in [0.3, 0.4) is 0 Å². The molecule has 2 aliphatic heterocycles. The summed E-state index contributed by atoms with van der Waals surface area (Å²) in [6.07, 6.45) is 1.73. The molecule has 2 rings (SSSR count). The number of amides is 3. The van der Waals surface area contributed by atoms with Gasteiger partial charge in [0.15, 0.2) is 0 Å². The number of hydrogen-bond acceptors (Lipinski definition) is 8. The molecule has 0 aromatic carbocycles. The topological polar surface area (TPSA) is 134 Å². The summed E-state index contributed by atoms with van der Waals surface area (Å²) in [5.41, 5.74) is 0. The average molecular weight is 502 g/mol. The van der Waals surface area contributed by atoms with Gasteiger partial charge in [-0.15, -0.1) is 0 Å². The second-order valence-corrected chi connectivity index (χ2v) is 11.6. The van der Waals surface area contributed by atoms with E-state index in [0.717, 1.165) is 5.75 Å². The normalized spacial score (nSPS) is 32.0. The lowest BCUT2D eigenvalue weighted by Gasteiger charge is -2.30. The largest absolute Gasteiger partial charge is 0.457 e. The molecule has 1 fully saturated rings. The van der Waals surface area contributed by atoms with Crippen molar-refractivity contribution in [3.05, 3.63) is 12.2 Å². The van der Waals surface area contributed by atoms with Crippen molar-refractivity contribution in [2.45, 2.75) is 77.3 Å². The molecule has 2 bridgehead atoms. The zero-order chi connectivity index (χ0) is 24.5. The minimum Gasteiger partial charge on any atom is -0.457 e. The number of nitrogens with one attached hydrogen (secondary N) is 3. The Balaban J connectivity index is 2.47. The van der Waals surface area contributed by atoms with Gasteiger partial charge in [-0.1, -0.05) is 55.4 Å². The lowest BCUT2D eigenvalue weighted by Crippen LogP contribution is -2.58. The third-order valence-electron chi connectivity index (χ3n) is 5.42. The molecule has 0 spiro atoms. The summed E-state index contributed by atoms with van der Waals surface area (Å²) in [5.74, 6) is -1.35. The summed E-state index contributed by atoms with van der Waals surface area (Å²) in [5, 5.41) is 19.0. The van der Waals surface area contributed by atoms with Crippen LogP contribution < -0.4 is 16.0 Å². The zero-order valence-electron chi connectivity index (χ0n) is 19.5. The fraction of sp³-hybridized carbons (Fsp3) is 0.727. The molecule has 9 nitrogen and oxygen atoms in total. The van der Waals surface area contributed by atoms with Gasteiger partial charge < -0.3 is 25.8 Å².